The minimum atomic E-state index is -0.558. The Hall–Kier alpha value is -1.58. The lowest BCUT2D eigenvalue weighted by molar-refractivity contribution is 0.0996. The van der Waals surface area contributed by atoms with Crippen molar-refractivity contribution in [2.45, 2.75) is 6.92 Å². The van der Waals surface area contributed by atoms with Gasteiger partial charge in [-0.25, -0.2) is 0 Å². The molecule has 1 aromatic rings. The van der Waals surface area contributed by atoms with E-state index in [0.29, 0.717) is 5.69 Å². The van der Waals surface area contributed by atoms with Gasteiger partial charge in [0, 0.05) is 6.92 Å². The highest BCUT2D eigenvalue weighted by atomic mass is 16.1. The molecule has 3 N–H and O–H groups in total. The summed E-state index contributed by atoms with van der Waals surface area (Å²) in [5.74, 6) is -0.671. The summed E-state index contributed by atoms with van der Waals surface area (Å²) in [6.07, 6.45) is 0. The first kappa shape index (κ1) is 7.53. The van der Waals surface area contributed by atoms with Crippen LogP contribution in [0.25, 0.3) is 0 Å². The van der Waals surface area contributed by atoms with E-state index in [9.17, 15) is 9.59 Å². The Morgan fingerprint density at radius 2 is 1.91 bits per heavy atom. The van der Waals surface area contributed by atoms with Gasteiger partial charge in [-0.3, -0.25) is 9.59 Å². The number of amides is 1. The molecule has 0 saturated carbocycles. The molecular formula is C7H8N2O2. The van der Waals surface area contributed by atoms with Crippen LogP contribution in [0.15, 0.2) is 12.1 Å². The monoisotopic (exact) mass is 152 g/mol. The number of nitrogens with one attached hydrogen (secondary N) is 1. The number of hydrogen-bond acceptors (Lipinski definition) is 2. The Bertz CT molecular complexity index is 273. The normalized spacial score (nSPS) is 9.55. The number of primary amides is 1. The summed E-state index contributed by atoms with van der Waals surface area (Å²) in [6.45, 7) is 1.41. The van der Waals surface area contributed by atoms with Gasteiger partial charge in [-0.15, -0.1) is 0 Å². The molecule has 11 heavy (non-hydrogen) atoms. The van der Waals surface area contributed by atoms with E-state index in [4.69, 9.17) is 5.73 Å². The van der Waals surface area contributed by atoms with Crippen LogP contribution in [0.4, 0.5) is 0 Å². The van der Waals surface area contributed by atoms with E-state index in [2.05, 4.69) is 4.98 Å². The van der Waals surface area contributed by atoms with Gasteiger partial charge >= 0.3 is 0 Å². The largest absolute Gasteiger partial charge is 0.364 e. The number of aromatic nitrogens is 1. The molecule has 0 aliphatic rings. The predicted molar refractivity (Wildman–Crippen MR) is 39.3 cm³/mol. The van der Waals surface area contributed by atoms with Gasteiger partial charge in [0.05, 0.1) is 5.69 Å². The molecule has 58 valence electrons. The van der Waals surface area contributed by atoms with Crippen LogP contribution >= 0.6 is 0 Å². The number of ketones is 1. The van der Waals surface area contributed by atoms with E-state index < -0.39 is 5.91 Å². The number of carbonyl (C=O) groups excluding carboxylic acids is 2. The summed E-state index contributed by atoms with van der Waals surface area (Å²) in [7, 11) is 0. The molecule has 4 heteroatoms. The van der Waals surface area contributed by atoms with Gasteiger partial charge in [-0.2, -0.15) is 0 Å². The smallest absolute Gasteiger partial charge is 0.265 e. The summed E-state index contributed by atoms with van der Waals surface area (Å²) >= 11 is 0. The van der Waals surface area contributed by atoms with Crippen LogP contribution in [-0.4, -0.2) is 16.7 Å². The molecule has 0 atom stereocenters. The molecule has 1 amide bonds. The van der Waals surface area contributed by atoms with Crippen LogP contribution in [0.2, 0.25) is 0 Å². The Morgan fingerprint density at radius 3 is 2.18 bits per heavy atom. The highest BCUT2D eigenvalue weighted by Crippen LogP contribution is 2.00. The number of aromatic amines is 1. The van der Waals surface area contributed by atoms with E-state index in [1.54, 1.807) is 0 Å². The first-order chi connectivity index (χ1) is 5.11. The van der Waals surface area contributed by atoms with E-state index in [0.717, 1.165) is 0 Å². The number of nitrogens with two attached hydrogens (primary N) is 1. The van der Waals surface area contributed by atoms with Crippen LogP contribution in [0.3, 0.4) is 0 Å². The Balaban J connectivity index is 2.99. The van der Waals surface area contributed by atoms with E-state index in [-0.39, 0.29) is 11.5 Å². The summed E-state index contributed by atoms with van der Waals surface area (Å²) in [5, 5.41) is 0. The maximum atomic E-state index is 10.7. The second-order valence-electron chi connectivity index (χ2n) is 2.21. The standard InChI is InChI=1S/C7H8N2O2/c1-4(10)5-2-3-6(9-5)7(8)11/h2-3,9H,1H3,(H2,8,11). The molecule has 0 aliphatic heterocycles. The van der Waals surface area contributed by atoms with Crippen molar-refractivity contribution in [2.75, 3.05) is 0 Å². The summed E-state index contributed by atoms with van der Waals surface area (Å²) in [5.41, 5.74) is 5.61. The third kappa shape index (κ3) is 1.46. The van der Waals surface area contributed by atoms with Crippen molar-refractivity contribution in [1.82, 2.24) is 4.98 Å². The van der Waals surface area contributed by atoms with Crippen LogP contribution in [0.1, 0.15) is 27.9 Å². The number of rotatable bonds is 2. The topological polar surface area (TPSA) is 76.0 Å². The van der Waals surface area contributed by atoms with Crippen molar-refractivity contribution in [2.24, 2.45) is 5.73 Å². The SMILES string of the molecule is CC(=O)c1ccc(C(N)=O)[nH]1. The molecule has 0 aromatic carbocycles. The van der Waals surface area contributed by atoms with Crippen molar-refractivity contribution in [3.63, 3.8) is 0 Å². The molecule has 0 radical (unpaired) electrons. The van der Waals surface area contributed by atoms with Gasteiger partial charge in [-0.1, -0.05) is 0 Å². The lowest BCUT2D eigenvalue weighted by Gasteiger charge is -1.87. The van der Waals surface area contributed by atoms with Gasteiger partial charge in [0.1, 0.15) is 5.69 Å². The molecular weight excluding hydrogens is 144 g/mol. The molecule has 0 unspecified atom stereocenters. The molecule has 4 nitrogen and oxygen atoms in total. The highest BCUT2D eigenvalue weighted by Gasteiger charge is 2.05. The minimum absolute atomic E-state index is 0.113. The zero-order valence-electron chi connectivity index (χ0n) is 6.05. The predicted octanol–water partition coefficient (Wildman–Crippen LogP) is 0.316. The number of H-pyrrole nitrogens is 1. The summed E-state index contributed by atoms with van der Waals surface area (Å²) < 4.78 is 0. The van der Waals surface area contributed by atoms with Crippen LogP contribution in [0, 0.1) is 0 Å². The first-order valence-corrected chi connectivity index (χ1v) is 3.11. The molecule has 1 heterocycles. The lowest BCUT2D eigenvalue weighted by Crippen LogP contribution is -2.11. The second-order valence-corrected chi connectivity index (χ2v) is 2.21. The summed E-state index contributed by atoms with van der Waals surface area (Å²) in [4.78, 5) is 23.8. The third-order valence-corrected chi connectivity index (χ3v) is 1.33. The van der Waals surface area contributed by atoms with Crippen molar-refractivity contribution >= 4 is 11.7 Å². The van der Waals surface area contributed by atoms with Crippen LogP contribution in [-0.2, 0) is 0 Å². The fourth-order valence-corrected chi connectivity index (χ4v) is 0.744. The second kappa shape index (κ2) is 2.57. The maximum Gasteiger partial charge on any atom is 0.265 e. The molecule has 0 spiro atoms. The average molecular weight is 152 g/mol. The Kier molecular flexibility index (Phi) is 1.76. The highest BCUT2D eigenvalue weighted by molar-refractivity contribution is 5.96. The first-order valence-electron chi connectivity index (χ1n) is 3.11. The van der Waals surface area contributed by atoms with Crippen molar-refractivity contribution in [1.29, 1.82) is 0 Å². The summed E-state index contributed by atoms with van der Waals surface area (Å²) in [6, 6.07) is 3.02. The van der Waals surface area contributed by atoms with Gasteiger partial charge in [0.2, 0.25) is 0 Å². The van der Waals surface area contributed by atoms with Gasteiger partial charge in [0.15, 0.2) is 5.78 Å². The number of hydrogen-bond donors (Lipinski definition) is 2. The zero-order valence-corrected chi connectivity index (χ0v) is 6.05. The molecule has 1 aromatic heterocycles. The van der Waals surface area contributed by atoms with Crippen molar-refractivity contribution in [3.05, 3.63) is 23.5 Å². The van der Waals surface area contributed by atoms with E-state index in [1.807, 2.05) is 0 Å². The number of carbonyl (C=O) groups is 2. The quantitative estimate of drug-likeness (QED) is 0.598. The van der Waals surface area contributed by atoms with E-state index >= 15 is 0 Å². The van der Waals surface area contributed by atoms with Crippen LogP contribution < -0.4 is 5.73 Å². The molecule has 0 aliphatic carbocycles. The lowest BCUT2D eigenvalue weighted by atomic mass is 10.3. The maximum absolute atomic E-state index is 10.7. The number of Topliss-reactive ketones (excluding diaryl/α,β-unsaturated/α-hetero) is 1. The fourth-order valence-electron chi connectivity index (χ4n) is 0.744. The Morgan fingerprint density at radius 1 is 1.36 bits per heavy atom. The van der Waals surface area contributed by atoms with Gasteiger partial charge in [-0.05, 0) is 12.1 Å². The molecule has 0 saturated heterocycles. The van der Waals surface area contributed by atoms with Crippen molar-refractivity contribution in [3.8, 4) is 0 Å². The van der Waals surface area contributed by atoms with Crippen molar-refractivity contribution < 1.29 is 9.59 Å². The zero-order chi connectivity index (χ0) is 8.43. The molecule has 0 fully saturated rings. The van der Waals surface area contributed by atoms with Crippen LogP contribution in [0.5, 0.6) is 0 Å². The van der Waals surface area contributed by atoms with Gasteiger partial charge in [0.25, 0.3) is 5.91 Å². The Labute approximate surface area is 63.4 Å². The molecule has 1 rings (SSSR count). The van der Waals surface area contributed by atoms with Gasteiger partial charge < -0.3 is 10.7 Å². The fraction of sp³-hybridized carbons (Fsp3) is 0.143. The average Bonchev–Trinajstić information content (AvgIpc) is 2.33. The molecule has 0 bridgehead atoms. The third-order valence-electron chi connectivity index (χ3n) is 1.33. The van der Waals surface area contributed by atoms with E-state index in [1.165, 1.54) is 19.1 Å². The minimum Gasteiger partial charge on any atom is -0.364 e.